The summed E-state index contributed by atoms with van der Waals surface area (Å²) < 4.78 is 56.1. The first-order valence-electron chi connectivity index (χ1n) is 11.0. The fraction of sp³-hybridized carbons (Fsp3) is 0.0800. The Morgan fingerprint density at radius 2 is 1.71 bits per heavy atom. The Morgan fingerprint density at radius 1 is 0.947 bits per heavy atom. The molecule has 0 atom stereocenters. The van der Waals surface area contributed by atoms with E-state index in [0.717, 1.165) is 0 Å². The summed E-state index contributed by atoms with van der Waals surface area (Å²) in [5, 5.41) is 3.28. The van der Waals surface area contributed by atoms with Gasteiger partial charge in [-0.15, -0.1) is 8.78 Å². The van der Waals surface area contributed by atoms with Crippen LogP contribution in [0.4, 0.5) is 24.8 Å². The average molecular weight is 520 g/mol. The van der Waals surface area contributed by atoms with Gasteiger partial charge in [0, 0.05) is 25.0 Å². The number of ether oxygens (including phenoxy) is 3. The molecule has 38 heavy (non-hydrogen) atoms. The first kappa shape index (κ1) is 23.2. The Bertz CT molecular complexity index is 1740. The number of benzene rings is 2. The molecule has 2 aromatic carbocycles. The summed E-state index contributed by atoms with van der Waals surface area (Å²) in [5.41, 5.74) is 1.10. The first-order valence-corrected chi connectivity index (χ1v) is 11.0. The zero-order valence-electron chi connectivity index (χ0n) is 19.4. The third-order valence-electron chi connectivity index (χ3n) is 5.62. The maximum atomic E-state index is 13.4. The number of fused-ring (bicyclic) bond motifs is 2. The number of alkyl halides is 2. The van der Waals surface area contributed by atoms with Crippen LogP contribution in [-0.4, -0.2) is 30.8 Å². The van der Waals surface area contributed by atoms with Crippen LogP contribution in [0.15, 0.2) is 72.0 Å². The van der Waals surface area contributed by atoms with E-state index in [0.29, 0.717) is 22.3 Å². The van der Waals surface area contributed by atoms with Crippen molar-refractivity contribution in [3.8, 4) is 34.4 Å². The van der Waals surface area contributed by atoms with Crippen molar-refractivity contribution in [1.82, 2.24) is 24.5 Å². The smallest absolute Gasteiger partial charge is 0.437 e. The van der Waals surface area contributed by atoms with E-state index in [-0.39, 0.29) is 46.0 Å². The number of nitrogens with one attached hydrogen (secondary N) is 1. The maximum absolute atomic E-state index is 13.4. The molecule has 0 amide bonds. The Balaban J connectivity index is 1.25. The van der Waals surface area contributed by atoms with Gasteiger partial charge in [0.2, 0.25) is 11.8 Å². The largest absolute Gasteiger partial charge is 0.586 e. The molecule has 0 unspecified atom stereocenters. The van der Waals surface area contributed by atoms with Crippen LogP contribution < -0.4 is 25.1 Å². The summed E-state index contributed by atoms with van der Waals surface area (Å²) in [6.07, 6.45) is 0.216. The lowest BCUT2D eigenvalue weighted by atomic mass is 10.2. The normalized spacial score (nSPS) is 13.5. The first-order chi connectivity index (χ1) is 18.3. The molecule has 6 rings (SSSR count). The Labute approximate surface area is 211 Å². The zero-order valence-corrected chi connectivity index (χ0v) is 19.4. The number of aromatic nitrogens is 5. The van der Waals surface area contributed by atoms with Gasteiger partial charge in [0.15, 0.2) is 11.5 Å². The van der Waals surface area contributed by atoms with Crippen molar-refractivity contribution in [2.45, 2.75) is 6.29 Å². The molecule has 1 aliphatic heterocycles. The molecule has 5 aromatic rings. The molecule has 4 heterocycles. The summed E-state index contributed by atoms with van der Waals surface area (Å²) >= 11 is 0. The lowest BCUT2D eigenvalue weighted by molar-refractivity contribution is -0.286. The van der Waals surface area contributed by atoms with E-state index in [1.54, 1.807) is 19.2 Å². The summed E-state index contributed by atoms with van der Waals surface area (Å²) in [6, 6.07) is 11.4. The van der Waals surface area contributed by atoms with E-state index in [1.807, 2.05) is 0 Å². The van der Waals surface area contributed by atoms with Crippen LogP contribution in [-0.2, 0) is 7.05 Å². The summed E-state index contributed by atoms with van der Waals surface area (Å²) in [5.74, 6) is -0.0739. The zero-order chi connectivity index (χ0) is 26.4. The molecule has 0 fully saturated rings. The second kappa shape index (κ2) is 8.73. The lowest BCUT2D eigenvalue weighted by Gasteiger charge is -2.11. The van der Waals surface area contributed by atoms with Crippen molar-refractivity contribution in [2.24, 2.45) is 7.05 Å². The van der Waals surface area contributed by atoms with Crippen LogP contribution >= 0.6 is 0 Å². The van der Waals surface area contributed by atoms with Crippen molar-refractivity contribution >= 4 is 22.5 Å². The molecule has 190 valence electrons. The standard InChI is InChI=1S/C25H15F3N6O4/c1-34-23(35)17(11-30-24(34)33-14-4-2-13(26)3-5-14)18-7-6-15(10-29-18)36-22-16-8-20-21(38-25(27,28)37-20)9-19(16)31-12-32-22/h2-12H,1H3,(H,30,33). The maximum Gasteiger partial charge on any atom is 0.586 e. The third kappa shape index (κ3) is 4.30. The highest BCUT2D eigenvalue weighted by Gasteiger charge is 2.43. The monoisotopic (exact) mass is 520 g/mol. The fourth-order valence-corrected chi connectivity index (χ4v) is 3.77. The van der Waals surface area contributed by atoms with Crippen LogP contribution in [0, 0.1) is 5.82 Å². The Morgan fingerprint density at radius 3 is 2.45 bits per heavy atom. The summed E-state index contributed by atoms with van der Waals surface area (Å²) in [4.78, 5) is 29.7. The van der Waals surface area contributed by atoms with E-state index in [2.05, 4.69) is 34.7 Å². The molecule has 0 spiro atoms. The van der Waals surface area contributed by atoms with Crippen LogP contribution in [0.2, 0.25) is 0 Å². The minimum Gasteiger partial charge on any atom is -0.437 e. The van der Waals surface area contributed by atoms with Gasteiger partial charge in [0.05, 0.1) is 28.4 Å². The molecule has 0 bridgehead atoms. The number of halogens is 3. The molecule has 0 aliphatic carbocycles. The van der Waals surface area contributed by atoms with Gasteiger partial charge < -0.3 is 19.5 Å². The van der Waals surface area contributed by atoms with E-state index >= 15 is 0 Å². The fourth-order valence-electron chi connectivity index (χ4n) is 3.77. The van der Waals surface area contributed by atoms with Gasteiger partial charge in [-0.3, -0.25) is 14.3 Å². The lowest BCUT2D eigenvalue weighted by Crippen LogP contribution is -2.25. The molecule has 0 radical (unpaired) electrons. The van der Waals surface area contributed by atoms with Gasteiger partial charge >= 0.3 is 6.29 Å². The highest BCUT2D eigenvalue weighted by molar-refractivity contribution is 5.87. The molecule has 1 aliphatic rings. The SMILES string of the molecule is Cn1c(Nc2ccc(F)cc2)ncc(-c2ccc(Oc3ncnc4cc5c(cc34)OC(F)(F)O5)cn2)c1=O. The van der Waals surface area contributed by atoms with Gasteiger partial charge in [0.25, 0.3) is 5.56 Å². The molecule has 10 nitrogen and oxygen atoms in total. The quantitative estimate of drug-likeness (QED) is 0.350. The van der Waals surface area contributed by atoms with Crippen LogP contribution in [0.25, 0.3) is 22.2 Å². The number of anilines is 2. The van der Waals surface area contributed by atoms with Gasteiger partial charge in [0.1, 0.15) is 17.9 Å². The highest BCUT2D eigenvalue weighted by Crippen LogP contribution is 2.44. The molecule has 0 saturated heterocycles. The van der Waals surface area contributed by atoms with Crippen molar-refractivity contribution in [3.63, 3.8) is 0 Å². The Kier molecular flexibility index (Phi) is 5.33. The van der Waals surface area contributed by atoms with Gasteiger partial charge in [-0.25, -0.2) is 19.3 Å². The van der Waals surface area contributed by atoms with Gasteiger partial charge in [-0.2, -0.15) is 0 Å². The van der Waals surface area contributed by atoms with Crippen molar-refractivity contribution in [2.75, 3.05) is 5.32 Å². The Hall–Kier alpha value is -5.20. The number of nitrogens with zero attached hydrogens (tertiary/aromatic N) is 5. The minimum absolute atomic E-state index is 0.0833. The van der Waals surface area contributed by atoms with E-state index in [1.165, 1.54) is 59.7 Å². The molecule has 13 heteroatoms. The number of hydrogen-bond acceptors (Lipinski definition) is 9. The van der Waals surface area contributed by atoms with Crippen LogP contribution in [0.3, 0.4) is 0 Å². The molecule has 0 saturated carbocycles. The number of pyridine rings is 1. The van der Waals surface area contributed by atoms with Crippen LogP contribution in [0.5, 0.6) is 23.1 Å². The van der Waals surface area contributed by atoms with E-state index in [4.69, 9.17) is 4.74 Å². The topological polar surface area (TPSA) is 113 Å². The van der Waals surface area contributed by atoms with Crippen molar-refractivity contribution < 1.29 is 27.4 Å². The molecule has 3 aromatic heterocycles. The second-order valence-corrected chi connectivity index (χ2v) is 8.14. The van der Waals surface area contributed by atoms with E-state index in [9.17, 15) is 18.0 Å². The highest BCUT2D eigenvalue weighted by atomic mass is 19.3. The van der Waals surface area contributed by atoms with Crippen molar-refractivity contribution in [3.05, 3.63) is 83.4 Å². The third-order valence-corrected chi connectivity index (χ3v) is 5.62. The van der Waals surface area contributed by atoms with E-state index < -0.39 is 6.29 Å². The summed E-state index contributed by atoms with van der Waals surface area (Å²) in [6.45, 7) is 0. The van der Waals surface area contributed by atoms with Crippen molar-refractivity contribution in [1.29, 1.82) is 0 Å². The second-order valence-electron chi connectivity index (χ2n) is 8.14. The van der Waals surface area contributed by atoms with Crippen LogP contribution in [0.1, 0.15) is 0 Å². The molecular weight excluding hydrogens is 505 g/mol. The number of rotatable bonds is 5. The molecular formula is C25H15F3N6O4. The predicted molar refractivity (Wildman–Crippen MR) is 128 cm³/mol. The average Bonchev–Trinajstić information content (AvgIpc) is 3.20. The van der Waals surface area contributed by atoms with Gasteiger partial charge in [-0.1, -0.05) is 0 Å². The predicted octanol–water partition coefficient (Wildman–Crippen LogP) is 4.78. The minimum atomic E-state index is -3.77. The molecule has 1 N–H and O–H groups in total. The summed E-state index contributed by atoms with van der Waals surface area (Å²) in [7, 11) is 1.55. The number of hydrogen-bond donors (Lipinski definition) is 1. The van der Waals surface area contributed by atoms with Gasteiger partial charge in [-0.05, 0) is 42.5 Å².